The van der Waals surface area contributed by atoms with Gasteiger partial charge in [-0.3, -0.25) is 9.59 Å². The summed E-state index contributed by atoms with van der Waals surface area (Å²) in [4.78, 5) is 30.9. The van der Waals surface area contributed by atoms with Gasteiger partial charge in [-0.05, 0) is 29.8 Å². The van der Waals surface area contributed by atoms with Crippen LogP contribution in [0.1, 0.15) is 11.1 Å². The number of amides is 1. The monoisotopic (exact) mass is 397 g/mol. The molecule has 3 aromatic rings. The molecule has 1 amide bonds. The zero-order valence-electron chi connectivity index (χ0n) is 15.1. The zero-order valence-corrected chi connectivity index (χ0v) is 16.0. The Morgan fingerprint density at radius 2 is 1.89 bits per heavy atom. The van der Waals surface area contributed by atoms with E-state index in [1.807, 2.05) is 30.3 Å². The highest BCUT2D eigenvalue weighted by molar-refractivity contribution is 7.99. The van der Waals surface area contributed by atoms with E-state index < -0.39 is 5.56 Å². The minimum absolute atomic E-state index is 0.0507. The summed E-state index contributed by atoms with van der Waals surface area (Å²) in [6.45, 7) is 0. The molecule has 0 aliphatic rings. The quantitative estimate of drug-likeness (QED) is 0.418. The van der Waals surface area contributed by atoms with Crippen molar-refractivity contribution in [2.75, 3.05) is 18.2 Å². The lowest BCUT2D eigenvalue weighted by atomic mass is 10.1. The predicted molar refractivity (Wildman–Crippen MR) is 108 cm³/mol. The number of carbonyl (C=O) groups excluding carboxylic acids is 1. The first-order chi connectivity index (χ1) is 13.5. The number of aromatic nitrogens is 2. The van der Waals surface area contributed by atoms with E-state index in [9.17, 15) is 14.7 Å². The number of hydrogen-bond donors (Lipinski definition) is 3. The van der Waals surface area contributed by atoms with E-state index in [4.69, 9.17) is 4.74 Å². The van der Waals surface area contributed by atoms with Gasteiger partial charge in [-0.2, -0.15) is 4.98 Å². The van der Waals surface area contributed by atoms with Crippen LogP contribution in [-0.2, 0) is 11.2 Å². The van der Waals surface area contributed by atoms with Gasteiger partial charge in [0.25, 0.3) is 5.56 Å². The van der Waals surface area contributed by atoms with E-state index >= 15 is 0 Å². The predicted octanol–water partition coefficient (Wildman–Crippen LogP) is 2.81. The normalized spacial score (nSPS) is 10.5. The van der Waals surface area contributed by atoms with Crippen LogP contribution in [0.25, 0.3) is 0 Å². The maximum Gasteiger partial charge on any atom is 0.258 e. The first-order valence-electron chi connectivity index (χ1n) is 8.48. The molecule has 2 aromatic carbocycles. The number of para-hydroxylation sites is 1. The zero-order chi connectivity index (χ0) is 19.9. The Balaban J connectivity index is 1.64. The Morgan fingerprint density at radius 1 is 1.18 bits per heavy atom. The molecule has 0 unspecified atom stereocenters. The summed E-state index contributed by atoms with van der Waals surface area (Å²) in [5, 5.41) is 13.1. The molecule has 3 rings (SSSR count). The number of anilines is 1. The van der Waals surface area contributed by atoms with Crippen LogP contribution in [0.5, 0.6) is 11.6 Å². The molecule has 144 valence electrons. The molecular weight excluding hydrogens is 378 g/mol. The SMILES string of the molecule is COc1ccc(Cc2c(O)nc(SCC(=O)Nc3ccccc3)[nH]c2=O)cc1. The number of ether oxygens (including phenoxy) is 1. The fourth-order valence-corrected chi connectivity index (χ4v) is 3.15. The van der Waals surface area contributed by atoms with Crippen molar-refractivity contribution in [1.29, 1.82) is 0 Å². The Kier molecular flexibility index (Phi) is 6.33. The molecular formula is C20H19N3O4S. The molecule has 3 N–H and O–H groups in total. The average Bonchev–Trinajstić information content (AvgIpc) is 2.70. The Hall–Kier alpha value is -3.26. The van der Waals surface area contributed by atoms with Crippen LogP contribution < -0.4 is 15.6 Å². The smallest absolute Gasteiger partial charge is 0.258 e. The minimum Gasteiger partial charge on any atom is -0.497 e. The van der Waals surface area contributed by atoms with Gasteiger partial charge in [-0.1, -0.05) is 42.1 Å². The summed E-state index contributed by atoms with van der Waals surface area (Å²) >= 11 is 1.04. The van der Waals surface area contributed by atoms with Crippen molar-refractivity contribution in [2.45, 2.75) is 11.6 Å². The molecule has 0 bridgehead atoms. The van der Waals surface area contributed by atoms with E-state index in [-0.39, 0.29) is 34.7 Å². The molecule has 1 heterocycles. The van der Waals surface area contributed by atoms with Crippen molar-refractivity contribution < 1.29 is 14.6 Å². The topological polar surface area (TPSA) is 104 Å². The number of nitrogens with zero attached hydrogens (tertiary/aromatic N) is 1. The molecule has 8 heteroatoms. The number of rotatable bonds is 7. The first kappa shape index (κ1) is 19.5. The average molecular weight is 397 g/mol. The van der Waals surface area contributed by atoms with Gasteiger partial charge in [-0.25, -0.2) is 0 Å². The summed E-state index contributed by atoms with van der Waals surface area (Å²) in [5.74, 6) is 0.182. The van der Waals surface area contributed by atoms with Crippen LogP contribution in [-0.4, -0.2) is 33.8 Å². The van der Waals surface area contributed by atoms with Gasteiger partial charge in [0.1, 0.15) is 5.75 Å². The van der Waals surface area contributed by atoms with Crippen molar-refractivity contribution in [2.24, 2.45) is 0 Å². The van der Waals surface area contributed by atoms with Gasteiger partial charge in [-0.15, -0.1) is 0 Å². The van der Waals surface area contributed by atoms with Crippen LogP contribution in [0.3, 0.4) is 0 Å². The highest BCUT2D eigenvalue weighted by atomic mass is 32.2. The Bertz CT molecular complexity index is 1000. The van der Waals surface area contributed by atoms with Gasteiger partial charge in [0.15, 0.2) is 5.16 Å². The number of benzene rings is 2. The fraction of sp³-hybridized carbons (Fsp3) is 0.150. The minimum atomic E-state index is -0.436. The lowest BCUT2D eigenvalue weighted by molar-refractivity contribution is -0.113. The van der Waals surface area contributed by atoms with Crippen LogP contribution in [0.2, 0.25) is 0 Å². The second-order valence-corrected chi connectivity index (χ2v) is 6.87. The largest absolute Gasteiger partial charge is 0.497 e. The summed E-state index contributed by atoms with van der Waals surface area (Å²) in [7, 11) is 1.58. The van der Waals surface area contributed by atoms with Crippen molar-refractivity contribution in [1.82, 2.24) is 9.97 Å². The molecule has 0 aliphatic carbocycles. The standard InChI is InChI=1S/C20H19N3O4S/c1-27-15-9-7-13(8-10-15)11-16-18(25)22-20(23-19(16)26)28-12-17(24)21-14-5-3-2-4-6-14/h2-10H,11-12H2,1H3,(H,21,24)(H2,22,23,25,26). The molecule has 7 nitrogen and oxygen atoms in total. The number of H-pyrrole nitrogens is 1. The number of aromatic hydroxyl groups is 1. The van der Waals surface area contributed by atoms with E-state index in [1.165, 1.54) is 0 Å². The van der Waals surface area contributed by atoms with Gasteiger partial charge >= 0.3 is 0 Å². The molecule has 28 heavy (non-hydrogen) atoms. The Morgan fingerprint density at radius 3 is 2.54 bits per heavy atom. The number of carbonyl (C=O) groups is 1. The molecule has 0 fully saturated rings. The Labute approximate surface area is 165 Å². The first-order valence-corrected chi connectivity index (χ1v) is 9.46. The molecule has 1 aromatic heterocycles. The number of aromatic amines is 1. The molecule has 0 aliphatic heterocycles. The fourth-order valence-electron chi connectivity index (χ4n) is 2.49. The van der Waals surface area contributed by atoms with Gasteiger partial charge in [0.2, 0.25) is 11.8 Å². The summed E-state index contributed by atoms with van der Waals surface area (Å²) in [6.07, 6.45) is 0.234. The van der Waals surface area contributed by atoms with Crippen LogP contribution in [0.4, 0.5) is 5.69 Å². The van der Waals surface area contributed by atoms with Crippen molar-refractivity contribution in [3.05, 3.63) is 76.1 Å². The molecule has 0 radical (unpaired) electrons. The third-order valence-corrected chi connectivity index (χ3v) is 4.78. The molecule has 0 saturated heterocycles. The van der Waals surface area contributed by atoms with Crippen LogP contribution in [0.15, 0.2) is 64.5 Å². The number of hydrogen-bond acceptors (Lipinski definition) is 6. The van der Waals surface area contributed by atoms with Crippen molar-refractivity contribution >= 4 is 23.4 Å². The van der Waals surface area contributed by atoms with Gasteiger partial charge in [0.05, 0.1) is 18.4 Å². The summed E-state index contributed by atoms with van der Waals surface area (Å²) in [6, 6.07) is 16.2. The van der Waals surface area contributed by atoms with Gasteiger partial charge in [0, 0.05) is 12.1 Å². The van der Waals surface area contributed by atoms with E-state index in [2.05, 4.69) is 15.3 Å². The van der Waals surface area contributed by atoms with Crippen LogP contribution >= 0.6 is 11.8 Å². The summed E-state index contributed by atoms with van der Waals surface area (Å²) < 4.78 is 5.10. The van der Waals surface area contributed by atoms with E-state index in [1.54, 1.807) is 31.4 Å². The van der Waals surface area contributed by atoms with Gasteiger partial charge < -0.3 is 20.1 Å². The van der Waals surface area contributed by atoms with Crippen molar-refractivity contribution in [3.63, 3.8) is 0 Å². The number of methoxy groups -OCH3 is 1. The van der Waals surface area contributed by atoms with Crippen LogP contribution in [0, 0.1) is 0 Å². The van der Waals surface area contributed by atoms with Crippen molar-refractivity contribution in [3.8, 4) is 11.6 Å². The highest BCUT2D eigenvalue weighted by Gasteiger charge is 2.13. The molecule has 0 saturated carbocycles. The lowest BCUT2D eigenvalue weighted by Crippen LogP contribution is -2.17. The maximum atomic E-state index is 12.3. The highest BCUT2D eigenvalue weighted by Crippen LogP contribution is 2.20. The molecule has 0 atom stereocenters. The number of thioether (sulfide) groups is 1. The second kappa shape index (κ2) is 9.09. The third-order valence-electron chi connectivity index (χ3n) is 3.91. The van der Waals surface area contributed by atoms with E-state index in [0.29, 0.717) is 11.4 Å². The third kappa shape index (κ3) is 5.14. The maximum absolute atomic E-state index is 12.3. The van der Waals surface area contributed by atoms with E-state index in [0.717, 1.165) is 17.3 Å². The summed E-state index contributed by atoms with van der Waals surface area (Å²) in [5.41, 5.74) is 1.26. The number of nitrogens with one attached hydrogen (secondary N) is 2. The lowest BCUT2D eigenvalue weighted by Gasteiger charge is -2.07. The second-order valence-electron chi connectivity index (χ2n) is 5.90. The molecule has 0 spiro atoms.